The van der Waals surface area contributed by atoms with Crippen molar-refractivity contribution in [3.63, 3.8) is 0 Å². The van der Waals surface area contributed by atoms with Gasteiger partial charge in [0, 0.05) is 5.92 Å². The summed E-state index contributed by atoms with van der Waals surface area (Å²) in [6, 6.07) is 5.86. The Bertz CT molecular complexity index is 377. The van der Waals surface area contributed by atoms with Crippen molar-refractivity contribution < 1.29 is 4.74 Å². The van der Waals surface area contributed by atoms with Crippen LogP contribution in [-0.2, 0) is 0 Å². The Morgan fingerprint density at radius 3 is 2.50 bits per heavy atom. The second kappa shape index (κ2) is 4.92. The maximum atomic E-state index is 6.32. The van der Waals surface area contributed by atoms with Crippen molar-refractivity contribution in [2.45, 2.75) is 39.2 Å². The molecule has 1 nitrogen and oxygen atoms in total. The summed E-state index contributed by atoms with van der Waals surface area (Å²) < 4.78 is 5.80. The first kappa shape index (κ1) is 13.1. The average molecular weight is 239 g/mol. The smallest absolute Gasteiger partial charge is 0.138 e. The molecule has 0 saturated heterocycles. The summed E-state index contributed by atoms with van der Waals surface area (Å²) in [6.45, 7) is 11.9. The lowest BCUT2D eigenvalue weighted by Gasteiger charge is -2.23. The largest absolute Gasteiger partial charge is 0.487 e. The van der Waals surface area contributed by atoms with Crippen LogP contribution >= 0.6 is 11.6 Å². The van der Waals surface area contributed by atoms with E-state index < -0.39 is 0 Å². The van der Waals surface area contributed by atoms with E-state index in [2.05, 4.69) is 13.5 Å². The molecule has 0 saturated carbocycles. The maximum Gasteiger partial charge on any atom is 0.138 e. The van der Waals surface area contributed by atoms with Crippen LogP contribution in [0, 0.1) is 0 Å². The number of hydrogen-bond donors (Lipinski definition) is 0. The molecule has 0 aromatic heterocycles. The second-order valence-electron chi connectivity index (χ2n) is 4.90. The van der Waals surface area contributed by atoms with Crippen LogP contribution in [0.4, 0.5) is 0 Å². The van der Waals surface area contributed by atoms with Gasteiger partial charge in [0.15, 0.2) is 0 Å². The number of ether oxygens (including phenoxy) is 1. The highest BCUT2D eigenvalue weighted by Gasteiger charge is 2.16. The summed E-state index contributed by atoms with van der Waals surface area (Å²) in [5.41, 5.74) is 0.818. The van der Waals surface area contributed by atoms with Gasteiger partial charge in [0.05, 0.1) is 5.02 Å². The van der Waals surface area contributed by atoms with Crippen LogP contribution in [0.2, 0.25) is 5.02 Å². The number of rotatable bonds is 3. The highest BCUT2D eigenvalue weighted by molar-refractivity contribution is 6.32. The van der Waals surface area contributed by atoms with Crippen LogP contribution in [0.5, 0.6) is 5.75 Å². The number of allylic oxidation sites excluding steroid dienone is 1. The van der Waals surface area contributed by atoms with Crippen LogP contribution < -0.4 is 4.74 Å². The van der Waals surface area contributed by atoms with E-state index in [0.29, 0.717) is 5.02 Å². The molecular weight excluding hydrogens is 220 g/mol. The molecule has 16 heavy (non-hydrogen) atoms. The minimum absolute atomic E-state index is 0.232. The van der Waals surface area contributed by atoms with E-state index in [-0.39, 0.29) is 11.5 Å². The van der Waals surface area contributed by atoms with Gasteiger partial charge in [-0.25, -0.2) is 0 Å². The average Bonchev–Trinajstić information content (AvgIpc) is 2.18. The van der Waals surface area contributed by atoms with E-state index in [1.165, 1.54) is 0 Å². The minimum atomic E-state index is -0.236. The normalized spacial score (nSPS) is 13.3. The quantitative estimate of drug-likeness (QED) is 0.687. The van der Waals surface area contributed by atoms with Gasteiger partial charge in [-0.2, -0.15) is 0 Å². The third kappa shape index (κ3) is 3.28. The predicted octanol–water partition coefficient (Wildman–Crippen LogP) is 4.81. The van der Waals surface area contributed by atoms with E-state index in [4.69, 9.17) is 16.3 Å². The molecule has 0 bridgehead atoms. The van der Waals surface area contributed by atoms with Gasteiger partial charge < -0.3 is 4.74 Å². The molecular formula is C14H19ClO. The van der Waals surface area contributed by atoms with E-state index in [0.717, 1.165) is 11.3 Å². The fraction of sp³-hybridized carbons (Fsp3) is 0.429. The zero-order chi connectivity index (χ0) is 12.3. The fourth-order valence-corrected chi connectivity index (χ4v) is 1.75. The Labute approximate surface area is 103 Å². The lowest BCUT2D eigenvalue weighted by molar-refractivity contribution is 0.131. The molecule has 0 amide bonds. The molecule has 0 N–H and O–H groups in total. The first-order valence-corrected chi connectivity index (χ1v) is 5.83. The number of hydrogen-bond acceptors (Lipinski definition) is 1. The van der Waals surface area contributed by atoms with Crippen molar-refractivity contribution in [1.82, 2.24) is 0 Å². The van der Waals surface area contributed by atoms with E-state index in [1.54, 1.807) is 0 Å². The van der Waals surface area contributed by atoms with Crippen molar-refractivity contribution in [2.75, 3.05) is 0 Å². The molecule has 2 heteroatoms. The predicted molar refractivity (Wildman–Crippen MR) is 70.4 cm³/mol. The summed E-state index contributed by atoms with van der Waals surface area (Å²) in [5, 5.41) is 0.685. The minimum Gasteiger partial charge on any atom is -0.487 e. The summed E-state index contributed by atoms with van der Waals surface area (Å²) in [4.78, 5) is 0. The summed E-state index contributed by atoms with van der Waals surface area (Å²) in [7, 11) is 0. The first-order valence-electron chi connectivity index (χ1n) is 5.45. The Balaban J connectivity index is 3.09. The van der Waals surface area contributed by atoms with Gasteiger partial charge >= 0.3 is 0 Å². The molecule has 1 unspecified atom stereocenters. The Kier molecular flexibility index (Phi) is 4.03. The van der Waals surface area contributed by atoms with Crippen molar-refractivity contribution in [3.05, 3.63) is 41.4 Å². The number of halogens is 1. The molecule has 0 aliphatic heterocycles. The molecule has 88 valence electrons. The Morgan fingerprint density at radius 1 is 1.38 bits per heavy atom. The Hall–Kier alpha value is -0.950. The monoisotopic (exact) mass is 238 g/mol. The zero-order valence-corrected chi connectivity index (χ0v) is 11.1. The van der Waals surface area contributed by atoms with Crippen LogP contribution in [0.1, 0.15) is 39.2 Å². The maximum absolute atomic E-state index is 6.32. The van der Waals surface area contributed by atoms with Crippen molar-refractivity contribution in [3.8, 4) is 5.75 Å². The summed E-state index contributed by atoms with van der Waals surface area (Å²) >= 11 is 6.32. The highest BCUT2D eigenvalue weighted by Crippen LogP contribution is 2.34. The van der Waals surface area contributed by atoms with Crippen molar-refractivity contribution in [2.24, 2.45) is 0 Å². The van der Waals surface area contributed by atoms with E-state index in [9.17, 15) is 0 Å². The number of benzene rings is 1. The van der Waals surface area contributed by atoms with Gasteiger partial charge in [0.2, 0.25) is 0 Å². The van der Waals surface area contributed by atoms with Gasteiger partial charge in [-0.15, -0.1) is 6.58 Å². The van der Waals surface area contributed by atoms with Crippen LogP contribution in [0.25, 0.3) is 0 Å². The standard InChI is InChI=1S/C14H19ClO/c1-6-10(2)11-8-7-9-12(13(11)15)16-14(3,4)5/h6-10H,1H2,2-5H3. The topological polar surface area (TPSA) is 9.23 Å². The molecule has 0 fully saturated rings. The zero-order valence-electron chi connectivity index (χ0n) is 10.4. The van der Waals surface area contributed by atoms with Crippen LogP contribution in [0.3, 0.4) is 0 Å². The van der Waals surface area contributed by atoms with E-state index >= 15 is 0 Å². The molecule has 1 rings (SSSR count). The molecule has 1 aromatic rings. The molecule has 1 aromatic carbocycles. The first-order chi connectivity index (χ1) is 7.35. The second-order valence-corrected chi connectivity index (χ2v) is 5.28. The van der Waals surface area contributed by atoms with Crippen LogP contribution in [-0.4, -0.2) is 5.60 Å². The SMILES string of the molecule is C=CC(C)c1cccc(OC(C)(C)C)c1Cl. The molecule has 0 radical (unpaired) electrons. The molecule has 0 heterocycles. The van der Waals surface area contributed by atoms with Gasteiger partial charge in [-0.3, -0.25) is 0 Å². The lowest BCUT2D eigenvalue weighted by Crippen LogP contribution is -2.23. The molecule has 0 aliphatic carbocycles. The Morgan fingerprint density at radius 2 is 2.00 bits per heavy atom. The summed E-state index contributed by atoms with van der Waals surface area (Å²) in [5.74, 6) is 0.969. The van der Waals surface area contributed by atoms with Crippen molar-refractivity contribution in [1.29, 1.82) is 0 Å². The molecule has 0 spiro atoms. The van der Waals surface area contributed by atoms with Crippen molar-refractivity contribution >= 4 is 11.6 Å². The van der Waals surface area contributed by atoms with Gasteiger partial charge in [-0.1, -0.05) is 36.7 Å². The lowest BCUT2D eigenvalue weighted by atomic mass is 10.0. The van der Waals surface area contributed by atoms with Gasteiger partial charge in [0.25, 0.3) is 0 Å². The molecule has 0 aliphatic rings. The fourth-order valence-electron chi connectivity index (χ4n) is 1.42. The van der Waals surface area contributed by atoms with Gasteiger partial charge in [-0.05, 0) is 32.4 Å². The highest BCUT2D eigenvalue weighted by atomic mass is 35.5. The van der Waals surface area contributed by atoms with Gasteiger partial charge in [0.1, 0.15) is 11.4 Å². The third-order valence-corrected chi connectivity index (χ3v) is 2.66. The van der Waals surface area contributed by atoms with Crippen LogP contribution in [0.15, 0.2) is 30.9 Å². The van der Waals surface area contributed by atoms with E-state index in [1.807, 2.05) is 45.0 Å². The third-order valence-electron chi connectivity index (χ3n) is 2.25. The summed E-state index contributed by atoms with van der Waals surface area (Å²) in [6.07, 6.45) is 1.88. The molecule has 1 atom stereocenters.